The van der Waals surface area contributed by atoms with Crippen LogP contribution in [0.2, 0.25) is 0 Å². The van der Waals surface area contributed by atoms with E-state index in [1.165, 1.54) is 6.07 Å². The number of alkyl carbamates (subject to hydrolysis) is 1. The maximum absolute atomic E-state index is 14.6. The molecule has 0 unspecified atom stereocenters. The summed E-state index contributed by atoms with van der Waals surface area (Å²) in [4.78, 5) is 20.4. The maximum Gasteiger partial charge on any atom is 0.407 e. The fourth-order valence-corrected chi connectivity index (χ4v) is 3.37. The molecule has 1 N–H and O–H groups in total. The van der Waals surface area contributed by atoms with Crippen LogP contribution in [0.15, 0.2) is 42.9 Å². The lowest BCUT2D eigenvalue weighted by atomic mass is 9.81. The van der Waals surface area contributed by atoms with Crippen molar-refractivity contribution in [3.05, 3.63) is 54.5 Å². The van der Waals surface area contributed by atoms with E-state index in [1.807, 2.05) is 20.8 Å². The summed E-state index contributed by atoms with van der Waals surface area (Å²) in [6, 6.07) is 6.45. The van der Waals surface area contributed by atoms with Crippen LogP contribution >= 0.6 is 0 Å². The molecular formula is C21H23FN6O2. The molecule has 9 heteroatoms. The van der Waals surface area contributed by atoms with Gasteiger partial charge in [0, 0.05) is 23.9 Å². The van der Waals surface area contributed by atoms with Gasteiger partial charge < -0.3 is 10.1 Å². The van der Waals surface area contributed by atoms with E-state index in [0.29, 0.717) is 35.9 Å². The van der Waals surface area contributed by atoms with E-state index in [0.717, 1.165) is 0 Å². The molecule has 0 saturated heterocycles. The molecule has 1 amide bonds. The Morgan fingerprint density at radius 2 is 1.97 bits per heavy atom. The third kappa shape index (κ3) is 4.14. The zero-order chi connectivity index (χ0) is 21.3. The van der Waals surface area contributed by atoms with Gasteiger partial charge in [-0.05, 0) is 45.7 Å². The number of rotatable bonds is 4. The predicted molar refractivity (Wildman–Crippen MR) is 107 cm³/mol. The van der Waals surface area contributed by atoms with E-state index in [4.69, 9.17) is 4.74 Å². The van der Waals surface area contributed by atoms with Gasteiger partial charge in [-0.3, -0.25) is 9.55 Å². The third-order valence-corrected chi connectivity index (χ3v) is 4.78. The second-order valence-corrected chi connectivity index (χ2v) is 8.33. The Balaban J connectivity index is 1.59. The topological polar surface area (TPSA) is 94.8 Å². The maximum atomic E-state index is 14.6. The van der Waals surface area contributed by atoms with Gasteiger partial charge >= 0.3 is 6.09 Å². The van der Waals surface area contributed by atoms with Crippen molar-refractivity contribution >= 4 is 6.09 Å². The van der Waals surface area contributed by atoms with E-state index in [2.05, 4.69) is 25.5 Å². The molecule has 0 atom stereocenters. The SMILES string of the molecule is CC(C)(C)NC(=O)OC1CC(c2nnc(-c3cnccn3)n2-c2ccccc2F)C1. The van der Waals surface area contributed by atoms with E-state index >= 15 is 0 Å². The first-order chi connectivity index (χ1) is 14.3. The molecule has 0 spiro atoms. The largest absolute Gasteiger partial charge is 0.446 e. The van der Waals surface area contributed by atoms with Gasteiger partial charge in [-0.25, -0.2) is 14.2 Å². The second kappa shape index (κ2) is 7.81. The molecule has 2 aromatic heterocycles. The van der Waals surface area contributed by atoms with Crippen LogP contribution in [0, 0.1) is 5.82 Å². The Bertz CT molecular complexity index is 1040. The van der Waals surface area contributed by atoms with Crippen LogP contribution in [0.4, 0.5) is 9.18 Å². The summed E-state index contributed by atoms with van der Waals surface area (Å²) >= 11 is 0. The number of para-hydroxylation sites is 1. The highest BCUT2D eigenvalue weighted by atomic mass is 19.1. The number of nitrogens with one attached hydrogen (secondary N) is 1. The lowest BCUT2D eigenvalue weighted by molar-refractivity contribution is 0.0336. The van der Waals surface area contributed by atoms with Gasteiger partial charge in [0.1, 0.15) is 23.4 Å². The van der Waals surface area contributed by atoms with Crippen molar-refractivity contribution in [2.24, 2.45) is 0 Å². The number of carbonyl (C=O) groups excluding carboxylic acids is 1. The molecule has 8 nitrogen and oxygen atoms in total. The molecule has 1 aromatic carbocycles. The lowest BCUT2D eigenvalue weighted by Crippen LogP contribution is -2.44. The molecule has 1 saturated carbocycles. The number of benzene rings is 1. The first-order valence-corrected chi connectivity index (χ1v) is 9.77. The van der Waals surface area contributed by atoms with Crippen molar-refractivity contribution in [3.63, 3.8) is 0 Å². The van der Waals surface area contributed by atoms with E-state index < -0.39 is 6.09 Å². The normalized spacial score (nSPS) is 18.5. The van der Waals surface area contributed by atoms with Gasteiger partial charge in [-0.2, -0.15) is 0 Å². The number of amides is 1. The number of carbonyl (C=O) groups is 1. The van der Waals surface area contributed by atoms with Crippen molar-refractivity contribution in [3.8, 4) is 17.2 Å². The summed E-state index contributed by atoms with van der Waals surface area (Å²) in [5, 5.41) is 11.4. The smallest absolute Gasteiger partial charge is 0.407 e. The van der Waals surface area contributed by atoms with E-state index in [-0.39, 0.29) is 23.4 Å². The third-order valence-electron chi connectivity index (χ3n) is 4.78. The average Bonchev–Trinajstić information content (AvgIpc) is 3.08. The van der Waals surface area contributed by atoms with E-state index in [9.17, 15) is 9.18 Å². The molecule has 1 aliphatic carbocycles. The van der Waals surface area contributed by atoms with Crippen molar-refractivity contribution in [2.45, 2.75) is 51.2 Å². The molecule has 4 rings (SSSR count). The zero-order valence-electron chi connectivity index (χ0n) is 17.0. The zero-order valence-corrected chi connectivity index (χ0v) is 17.0. The Morgan fingerprint density at radius 3 is 2.63 bits per heavy atom. The van der Waals surface area contributed by atoms with Gasteiger partial charge in [-0.15, -0.1) is 10.2 Å². The van der Waals surface area contributed by atoms with Crippen LogP contribution < -0.4 is 5.32 Å². The van der Waals surface area contributed by atoms with Crippen molar-refractivity contribution < 1.29 is 13.9 Å². The molecule has 30 heavy (non-hydrogen) atoms. The minimum atomic E-state index is -0.443. The number of halogens is 1. The number of hydrogen-bond donors (Lipinski definition) is 1. The minimum absolute atomic E-state index is 0.0186. The number of nitrogens with zero attached hydrogens (tertiary/aromatic N) is 5. The quantitative estimate of drug-likeness (QED) is 0.706. The molecule has 2 heterocycles. The summed E-state index contributed by atoms with van der Waals surface area (Å²) in [5.74, 6) is 0.616. The van der Waals surface area contributed by atoms with Crippen LogP contribution in [-0.2, 0) is 4.74 Å². The standard InChI is InChI=1S/C21H23FN6O2/c1-21(2,3)25-20(29)30-14-10-13(11-14)18-26-27-19(16-12-23-8-9-24-16)28(18)17-7-5-4-6-15(17)22/h4-9,12-14H,10-11H2,1-3H3,(H,25,29). The summed E-state index contributed by atoms with van der Waals surface area (Å²) in [6.45, 7) is 5.67. The number of ether oxygens (including phenoxy) is 1. The fraction of sp³-hybridized carbons (Fsp3) is 0.381. The summed E-state index contributed by atoms with van der Waals surface area (Å²) in [6.07, 6.45) is 5.19. The molecule has 0 bridgehead atoms. The van der Waals surface area contributed by atoms with Gasteiger partial charge in [0.2, 0.25) is 0 Å². The molecule has 1 aliphatic rings. The molecule has 0 aliphatic heterocycles. The van der Waals surface area contributed by atoms with Crippen LogP contribution in [0.3, 0.4) is 0 Å². The lowest BCUT2D eigenvalue weighted by Gasteiger charge is -2.35. The van der Waals surface area contributed by atoms with Crippen LogP contribution in [0.1, 0.15) is 45.4 Å². The first-order valence-electron chi connectivity index (χ1n) is 9.77. The predicted octanol–water partition coefficient (Wildman–Crippen LogP) is 3.63. The average molecular weight is 410 g/mol. The fourth-order valence-electron chi connectivity index (χ4n) is 3.37. The van der Waals surface area contributed by atoms with Crippen LogP contribution in [0.25, 0.3) is 17.2 Å². The summed E-state index contributed by atoms with van der Waals surface area (Å²) < 4.78 is 21.8. The Morgan fingerprint density at radius 1 is 1.20 bits per heavy atom. The van der Waals surface area contributed by atoms with Gasteiger partial charge in [0.15, 0.2) is 5.82 Å². The Kier molecular flexibility index (Phi) is 5.19. The second-order valence-electron chi connectivity index (χ2n) is 8.33. The highest BCUT2D eigenvalue weighted by Gasteiger charge is 2.38. The molecule has 1 fully saturated rings. The first kappa shape index (κ1) is 19.9. The Hall–Kier alpha value is -3.36. The van der Waals surface area contributed by atoms with Crippen molar-refractivity contribution in [1.82, 2.24) is 30.0 Å². The van der Waals surface area contributed by atoms with Crippen molar-refractivity contribution in [2.75, 3.05) is 0 Å². The highest BCUT2D eigenvalue weighted by Crippen LogP contribution is 2.40. The van der Waals surface area contributed by atoms with Gasteiger partial charge in [-0.1, -0.05) is 12.1 Å². The highest BCUT2D eigenvalue weighted by molar-refractivity contribution is 5.68. The van der Waals surface area contributed by atoms with Crippen LogP contribution in [-0.4, -0.2) is 42.5 Å². The van der Waals surface area contributed by atoms with Crippen LogP contribution in [0.5, 0.6) is 0 Å². The monoisotopic (exact) mass is 410 g/mol. The number of aromatic nitrogens is 5. The van der Waals surface area contributed by atoms with Gasteiger partial charge in [0.25, 0.3) is 0 Å². The van der Waals surface area contributed by atoms with Crippen molar-refractivity contribution in [1.29, 1.82) is 0 Å². The molecule has 156 valence electrons. The van der Waals surface area contributed by atoms with Gasteiger partial charge in [0.05, 0.1) is 11.9 Å². The molecule has 3 aromatic rings. The molecular weight excluding hydrogens is 387 g/mol. The Labute approximate surface area is 173 Å². The summed E-state index contributed by atoms with van der Waals surface area (Å²) in [7, 11) is 0. The summed E-state index contributed by atoms with van der Waals surface area (Å²) in [5.41, 5.74) is 0.473. The molecule has 0 radical (unpaired) electrons. The number of hydrogen-bond acceptors (Lipinski definition) is 6. The van der Waals surface area contributed by atoms with E-state index in [1.54, 1.807) is 41.4 Å². The minimum Gasteiger partial charge on any atom is -0.446 e.